The van der Waals surface area contributed by atoms with Gasteiger partial charge in [-0.25, -0.2) is 9.59 Å². The van der Waals surface area contributed by atoms with Crippen molar-refractivity contribution in [1.29, 1.82) is 0 Å². The Labute approximate surface area is 111 Å². The molecular formula is C13H17NO5. The molecule has 19 heavy (non-hydrogen) atoms. The zero-order valence-electron chi connectivity index (χ0n) is 10.9. The molecule has 0 heterocycles. The summed E-state index contributed by atoms with van der Waals surface area (Å²) in [6, 6.07) is 5.52. The monoisotopic (exact) mass is 267 g/mol. The summed E-state index contributed by atoms with van der Waals surface area (Å²) in [4.78, 5) is 22.9. The molecule has 0 saturated carbocycles. The number of aromatic hydroxyl groups is 1. The van der Waals surface area contributed by atoms with Gasteiger partial charge in [0.05, 0.1) is 13.7 Å². The molecule has 1 aromatic carbocycles. The minimum absolute atomic E-state index is 0.136. The van der Waals surface area contributed by atoms with Gasteiger partial charge in [-0.3, -0.25) is 0 Å². The number of carbonyl (C=O) groups excluding carboxylic acids is 2. The molecule has 0 spiro atoms. The summed E-state index contributed by atoms with van der Waals surface area (Å²) in [5.41, 5.74) is 0.782. The number of amides is 1. The van der Waals surface area contributed by atoms with Crippen LogP contribution in [0.4, 0.5) is 4.79 Å². The first kappa shape index (κ1) is 14.8. The number of methoxy groups -OCH3 is 1. The topological polar surface area (TPSA) is 84.9 Å². The van der Waals surface area contributed by atoms with E-state index in [9.17, 15) is 14.7 Å². The van der Waals surface area contributed by atoms with Gasteiger partial charge in [-0.15, -0.1) is 0 Å². The number of esters is 1. The summed E-state index contributed by atoms with van der Waals surface area (Å²) < 4.78 is 9.35. The van der Waals surface area contributed by atoms with E-state index in [1.807, 2.05) is 0 Å². The van der Waals surface area contributed by atoms with E-state index in [-0.39, 0.29) is 18.8 Å². The third-order valence-corrected chi connectivity index (χ3v) is 2.43. The number of alkyl carbamates (subject to hydrolysis) is 1. The second-order valence-corrected chi connectivity index (χ2v) is 3.81. The van der Waals surface area contributed by atoms with E-state index in [1.54, 1.807) is 19.1 Å². The Bertz CT molecular complexity index is 429. The lowest BCUT2D eigenvalue weighted by Gasteiger charge is -2.16. The summed E-state index contributed by atoms with van der Waals surface area (Å²) in [6.45, 7) is 1.89. The molecule has 0 aromatic heterocycles. The number of hydrogen-bond donors (Lipinski definition) is 2. The predicted octanol–water partition coefficient (Wildman–Crippen LogP) is 1.22. The number of hydrogen-bond acceptors (Lipinski definition) is 5. The van der Waals surface area contributed by atoms with Gasteiger partial charge in [0.1, 0.15) is 11.8 Å². The van der Waals surface area contributed by atoms with Crippen LogP contribution in [-0.2, 0) is 20.7 Å². The Hall–Kier alpha value is -2.24. The van der Waals surface area contributed by atoms with Crippen LogP contribution in [0, 0.1) is 0 Å². The van der Waals surface area contributed by atoms with Crippen LogP contribution < -0.4 is 5.32 Å². The average Bonchev–Trinajstić information content (AvgIpc) is 2.40. The van der Waals surface area contributed by atoms with E-state index in [2.05, 4.69) is 10.1 Å². The van der Waals surface area contributed by atoms with E-state index in [4.69, 9.17) is 4.74 Å². The first-order valence-corrected chi connectivity index (χ1v) is 5.85. The lowest BCUT2D eigenvalue weighted by molar-refractivity contribution is -0.142. The summed E-state index contributed by atoms with van der Waals surface area (Å²) in [6.07, 6.45) is -0.414. The summed E-state index contributed by atoms with van der Waals surface area (Å²) in [7, 11) is 1.25. The Morgan fingerprint density at radius 2 is 1.95 bits per heavy atom. The molecule has 0 unspecified atom stereocenters. The van der Waals surface area contributed by atoms with Gasteiger partial charge in [-0.2, -0.15) is 0 Å². The Morgan fingerprint density at radius 3 is 2.47 bits per heavy atom. The molecule has 0 bridgehead atoms. The molecule has 2 N–H and O–H groups in total. The van der Waals surface area contributed by atoms with E-state index >= 15 is 0 Å². The third kappa shape index (κ3) is 4.87. The van der Waals surface area contributed by atoms with Crippen LogP contribution in [0.25, 0.3) is 0 Å². The fourth-order valence-electron chi connectivity index (χ4n) is 1.52. The van der Waals surface area contributed by atoms with Crippen molar-refractivity contribution >= 4 is 12.1 Å². The van der Waals surface area contributed by atoms with Gasteiger partial charge in [-0.1, -0.05) is 12.1 Å². The molecule has 6 nitrogen and oxygen atoms in total. The molecule has 1 atom stereocenters. The number of phenolic OH excluding ortho intramolecular Hbond substituents is 1. The van der Waals surface area contributed by atoms with Crippen LogP contribution in [0.15, 0.2) is 24.3 Å². The molecule has 0 aliphatic rings. The molecule has 6 heteroatoms. The molecule has 0 saturated heterocycles. The van der Waals surface area contributed by atoms with Crippen LogP contribution in [0.3, 0.4) is 0 Å². The van der Waals surface area contributed by atoms with Gasteiger partial charge in [0.15, 0.2) is 0 Å². The normalized spacial score (nSPS) is 11.5. The molecule has 104 valence electrons. The van der Waals surface area contributed by atoms with Crippen LogP contribution >= 0.6 is 0 Å². The summed E-state index contributed by atoms with van der Waals surface area (Å²) in [5, 5.41) is 11.6. The molecule has 0 fully saturated rings. The number of carbonyl (C=O) groups is 2. The quantitative estimate of drug-likeness (QED) is 0.784. The number of ether oxygens (including phenoxy) is 2. The maximum Gasteiger partial charge on any atom is 0.407 e. The van der Waals surface area contributed by atoms with Crippen molar-refractivity contribution in [1.82, 2.24) is 5.32 Å². The zero-order chi connectivity index (χ0) is 14.3. The molecule has 1 rings (SSSR count). The lowest BCUT2D eigenvalue weighted by atomic mass is 10.1. The highest BCUT2D eigenvalue weighted by Crippen LogP contribution is 2.11. The fourth-order valence-corrected chi connectivity index (χ4v) is 1.52. The van der Waals surface area contributed by atoms with Crippen LogP contribution in [0.2, 0.25) is 0 Å². The van der Waals surface area contributed by atoms with Crippen LogP contribution in [0.1, 0.15) is 12.5 Å². The highest BCUT2D eigenvalue weighted by atomic mass is 16.6. The minimum atomic E-state index is -0.825. The maximum atomic E-state index is 11.6. The second-order valence-electron chi connectivity index (χ2n) is 3.81. The van der Waals surface area contributed by atoms with Crippen molar-refractivity contribution in [3.63, 3.8) is 0 Å². The largest absolute Gasteiger partial charge is 0.508 e. The summed E-state index contributed by atoms with van der Waals surface area (Å²) >= 11 is 0. The predicted molar refractivity (Wildman–Crippen MR) is 67.8 cm³/mol. The van der Waals surface area contributed by atoms with E-state index in [1.165, 1.54) is 19.2 Å². The fraction of sp³-hybridized carbons (Fsp3) is 0.385. The van der Waals surface area contributed by atoms with Crippen molar-refractivity contribution in [3.8, 4) is 5.75 Å². The Kier molecular flexibility index (Phi) is 5.66. The molecular weight excluding hydrogens is 250 g/mol. The summed E-state index contributed by atoms with van der Waals surface area (Å²) in [5.74, 6) is -0.419. The Balaban J connectivity index is 2.71. The highest BCUT2D eigenvalue weighted by molar-refractivity contribution is 5.81. The van der Waals surface area contributed by atoms with Gasteiger partial charge in [-0.05, 0) is 24.6 Å². The van der Waals surface area contributed by atoms with E-state index in [0.29, 0.717) is 0 Å². The van der Waals surface area contributed by atoms with Gasteiger partial charge in [0.25, 0.3) is 0 Å². The van der Waals surface area contributed by atoms with Gasteiger partial charge >= 0.3 is 12.1 Å². The maximum absolute atomic E-state index is 11.6. The minimum Gasteiger partial charge on any atom is -0.508 e. The van der Waals surface area contributed by atoms with Crippen molar-refractivity contribution in [2.24, 2.45) is 0 Å². The molecule has 1 aromatic rings. The second kappa shape index (κ2) is 7.25. The van der Waals surface area contributed by atoms with E-state index in [0.717, 1.165) is 5.56 Å². The SMILES string of the molecule is CCOC(=O)N[C@@H](Cc1ccc(O)cc1)C(=O)OC. The van der Waals surface area contributed by atoms with Crippen LogP contribution in [-0.4, -0.2) is 36.9 Å². The average molecular weight is 267 g/mol. The number of phenols is 1. The first-order chi connectivity index (χ1) is 9.06. The van der Waals surface area contributed by atoms with Crippen molar-refractivity contribution in [2.75, 3.05) is 13.7 Å². The molecule has 1 amide bonds. The number of rotatable bonds is 5. The van der Waals surface area contributed by atoms with Gasteiger partial charge in [0, 0.05) is 6.42 Å². The van der Waals surface area contributed by atoms with E-state index < -0.39 is 18.1 Å². The Morgan fingerprint density at radius 1 is 1.32 bits per heavy atom. The van der Waals surface area contributed by atoms with Gasteiger partial charge < -0.3 is 19.9 Å². The zero-order valence-corrected chi connectivity index (χ0v) is 10.9. The smallest absolute Gasteiger partial charge is 0.407 e. The van der Waals surface area contributed by atoms with Crippen molar-refractivity contribution in [2.45, 2.75) is 19.4 Å². The van der Waals surface area contributed by atoms with Crippen molar-refractivity contribution in [3.05, 3.63) is 29.8 Å². The first-order valence-electron chi connectivity index (χ1n) is 5.85. The molecule has 0 radical (unpaired) electrons. The molecule has 0 aliphatic heterocycles. The lowest BCUT2D eigenvalue weighted by Crippen LogP contribution is -2.43. The highest BCUT2D eigenvalue weighted by Gasteiger charge is 2.22. The standard InChI is InChI=1S/C13H17NO5/c1-3-19-13(17)14-11(12(16)18-2)8-9-4-6-10(15)7-5-9/h4-7,11,15H,3,8H2,1-2H3,(H,14,17)/t11-/m0/s1. The number of nitrogens with one attached hydrogen (secondary N) is 1. The van der Waals surface area contributed by atoms with Crippen LogP contribution in [0.5, 0.6) is 5.75 Å². The molecule has 0 aliphatic carbocycles. The van der Waals surface area contributed by atoms with Gasteiger partial charge in [0.2, 0.25) is 0 Å². The number of benzene rings is 1. The third-order valence-electron chi connectivity index (χ3n) is 2.43. The van der Waals surface area contributed by atoms with Crippen molar-refractivity contribution < 1.29 is 24.2 Å².